The van der Waals surface area contributed by atoms with Crippen LogP contribution < -0.4 is 10.6 Å². The lowest BCUT2D eigenvalue weighted by Crippen LogP contribution is -2.42. The third-order valence-electron chi connectivity index (χ3n) is 6.81. The van der Waals surface area contributed by atoms with E-state index in [9.17, 15) is 23.2 Å². The van der Waals surface area contributed by atoms with Crippen molar-refractivity contribution >= 4 is 30.8 Å². The van der Waals surface area contributed by atoms with Crippen LogP contribution in [0.25, 0.3) is 22.2 Å². The van der Waals surface area contributed by atoms with Crippen molar-refractivity contribution in [2.75, 3.05) is 11.9 Å². The van der Waals surface area contributed by atoms with Gasteiger partial charge >= 0.3 is 6.18 Å². The van der Waals surface area contributed by atoms with Gasteiger partial charge in [-0.25, -0.2) is 9.97 Å². The van der Waals surface area contributed by atoms with Crippen LogP contribution >= 0.6 is 0 Å². The van der Waals surface area contributed by atoms with E-state index in [0.29, 0.717) is 23.1 Å². The molecule has 2 aromatic heterocycles. The maximum Gasteiger partial charge on any atom is 0.419 e. The Bertz CT molecular complexity index is 1390. The fourth-order valence-corrected chi connectivity index (χ4v) is 5.55. The number of nitrogens with zero attached hydrogens (tertiary/aromatic N) is 4. The molecule has 2 atom stereocenters. The number of benzene rings is 1. The summed E-state index contributed by atoms with van der Waals surface area (Å²) in [5.74, 6) is -0.111. The topological polar surface area (TPSA) is 105 Å². The second-order valence-electron chi connectivity index (χ2n) is 11.1. The van der Waals surface area contributed by atoms with Gasteiger partial charge in [-0.15, -0.1) is 0 Å². The zero-order chi connectivity index (χ0) is 28.4. The molecular formula is C27H33F3N6O2Si. The molecule has 208 valence electrons. The van der Waals surface area contributed by atoms with Crippen molar-refractivity contribution in [3.63, 3.8) is 0 Å². The largest absolute Gasteiger partial charge is 0.419 e. The van der Waals surface area contributed by atoms with Gasteiger partial charge in [-0.1, -0.05) is 25.7 Å². The average Bonchev–Trinajstić information content (AvgIpc) is 3.43. The van der Waals surface area contributed by atoms with E-state index in [1.54, 1.807) is 29.0 Å². The van der Waals surface area contributed by atoms with Gasteiger partial charge in [-0.3, -0.25) is 4.79 Å². The Hall–Kier alpha value is -3.43. The Labute approximate surface area is 226 Å². The van der Waals surface area contributed by atoms with Crippen LogP contribution in [0.4, 0.5) is 19.1 Å². The fourth-order valence-electron chi connectivity index (χ4n) is 4.79. The third-order valence-corrected chi connectivity index (χ3v) is 8.51. The number of carbonyl (C=O) groups is 1. The summed E-state index contributed by atoms with van der Waals surface area (Å²) in [5, 5.41) is 16.0. The highest BCUT2D eigenvalue weighted by molar-refractivity contribution is 6.76. The zero-order valence-corrected chi connectivity index (χ0v) is 23.5. The number of nitriles is 1. The summed E-state index contributed by atoms with van der Waals surface area (Å²) < 4.78 is 50.0. The Kier molecular flexibility index (Phi) is 8.32. The molecular weight excluding hydrogens is 525 g/mol. The zero-order valence-electron chi connectivity index (χ0n) is 22.5. The first-order chi connectivity index (χ1) is 18.4. The first-order valence-electron chi connectivity index (χ1n) is 12.9. The number of halogens is 3. The first-order valence-corrected chi connectivity index (χ1v) is 16.7. The number of hydrogen-bond donors (Lipinski definition) is 2. The molecule has 1 aliphatic rings. The normalized spacial score (nSPS) is 17.8. The predicted octanol–water partition coefficient (Wildman–Crippen LogP) is 5.77. The number of aromatic nitrogens is 3. The molecule has 0 spiro atoms. The van der Waals surface area contributed by atoms with Gasteiger partial charge in [0, 0.05) is 57.0 Å². The molecule has 0 aliphatic heterocycles. The maximum absolute atomic E-state index is 14.1. The fraction of sp³-hybridized carbons (Fsp3) is 0.481. The predicted molar refractivity (Wildman–Crippen MR) is 146 cm³/mol. The molecule has 2 heterocycles. The highest BCUT2D eigenvalue weighted by Crippen LogP contribution is 2.40. The number of hydrogen-bond acceptors (Lipinski definition) is 6. The van der Waals surface area contributed by atoms with E-state index in [1.165, 1.54) is 6.92 Å². The SMILES string of the molecule is CC(=O)N[C@H]1CCC[C@@H]1Nc1ncc(C(F)(F)F)c(-c2cn(COCC[Si](C)(C)C)c3cc(C#N)ccc23)n1. The number of alkyl halides is 3. The molecule has 12 heteroatoms. The summed E-state index contributed by atoms with van der Waals surface area (Å²) in [4.78, 5) is 19.9. The average molecular weight is 559 g/mol. The van der Waals surface area contributed by atoms with Gasteiger partial charge in [-0.2, -0.15) is 18.4 Å². The van der Waals surface area contributed by atoms with Crippen molar-refractivity contribution in [2.24, 2.45) is 0 Å². The molecule has 0 radical (unpaired) electrons. The summed E-state index contributed by atoms with van der Waals surface area (Å²) in [6.07, 6.45) is 0.0613. The Morgan fingerprint density at radius 3 is 2.67 bits per heavy atom. The molecule has 8 nitrogen and oxygen atoms in total. The van der Waals surface area contributed by atoms with Crippen molar-refractivity contribution in [3.8, 4) is 17.3 Å². The van der Waals surface area contributed by atoms with Gasteiger partial charge in [0.05, 0.1) is 22.8 Å². The summed E-state index contributed by atoms with van der Waals surface area (Å²) in [6, 6.07) is 7.54. The molecule has 4 rings (SSSR count). The molecule has 3 aromatic rings. The Balaban J connectivity index is 1.74. The van der Waals surface area contributed by atoms with Gasteiger partial charge in [0.25, 0.3) is 0 Å². The molecule has 1 fully saturated rings. The van der Waals surface area contributed by atoms with Crippen molar-refractivity contribution in [1.29, 1.82) is 5.26 Å². The van der Waals surface area contributed by atoms with Crippen LogP contribution in [0.2, 0.25) is 25.7 Å². The monoisotopic (exact) mass is 558 g/mol. The molecule has 1 saturated carbocycles. The Morgan fingerprint density at radius 1 is 1.26 bits per heavy atom. The van der Waals surface area contributed by atoms with E-state index < -0.39 is 19.8 Å². The number of amides is 1. The van der Waals surface area contributed by atoms with Crippen molar-refractivity contribution in [2.45, 2.75) is 76.9 Å². The highest BCUT2D eigenvalue weighted by Gasteiger charge is 2.37. The Morgan fingerprint density at radius 2 is 2.00 bits per heavy atom. The van der Waals surface area contributed by atoms with Crippen molar-refractivity contribution < 1.29 is 22.7 Å². The smallest absolute Gasteiger partial charge is 0.361 e. The summed E-state index contributed by atoms with van der Waals surface area (Å²) in [6.45, 7) is 8.82. The van der Waals surface area contributed by atoms with E-state index in [2.05, 4.69) is 46.3 Å². The number of fused-ring (bicyclic) bond motifs is 1. The second-order valence-corrected chi connectivity index (χ2v) is 16.8. The van der Waals surface area contributed by atoms with Crippen LogP contribution in [0, 0.1) is 11.3 Å². The molecule has 0 bridgehead atoms. The van der Waals surface area contributed by atoms with Gasteiger partial charge in [0.2, 0.25) is 11.9 Å². The van der Waals surface area contributed by atoms with E-state index >= 15 is 0 Å². The molecule has 0 unspecified atom stereocenters. The number of rotatable bonds is 9. The standard InChI is InChI=1S/C27H33F3N6O2Si/c1-17(37)33-22-6-5-7-23(22)34-26-32-14-21(27(28,29)30)25(35-26)20-15-36(16-38-10-11-39(2,3)4)24-12-18(13-31)8-9-19(20)24/h8-9,12,14-15,22-23H,5-7,10-11,16H2,1-4H3,(H,33,37)(H,32,34,35)/t22-,23-/m0/s1. The first kappa shape index (κ1) is 28.6. The van der Waals surface area contributed by atoms with Crippen LogP contribution in [0.3, 0.4) is 0 Å². The molecule has 1 amide bonds. The lowest BCUT2D eigenvalue weighted by molar-refractivity contribution is -0.137. The molecule has 1 aromatic carbocycles. The number of ether oxygens (including phenoxy) is 1. The van der Waals surface area contributed by atoms with Gasteiger partial charge in [-0.05, 0) is 37.4 Å². The summed E-state index contributed by atoms with van der Waals surface area (Å²) in [7, 11) is -1.33. The number of carbonyl (C=O) groups excluding carboxylic acids is 1. The molecule has 2 N–H and O–H groups in total. The molecule has 0 saturated heterocycles. The highest BCUT2D eigenvalue weighted by atomic mass is 28.3. The summed E-state index contributed by atoms with van der Waals surface area (Å²) >= 11 is 0. The van der Waals surface area contributed by atoms with Crippen LogP contribution in [0.15, 0.2) is 30.6 Å². The summed E-state index contributed by atoms with van der Waals surface area (Å²) in [5.41, 5.74) is 0.0260. The second kappa shape index (κ2) is 11.4. The van der Waals surface area contributed by atoms with E-state index in [1.807, 2.05) is 0 Å². The third kappa shape index (κ3) is 6.96. The quantitative estimate of drug-likeness (QED) is 0.255. The maximum atomic E-state index is 14.1. The minimum absolute atomic E-state index is 0.0567. The molecule has 39 heavy (non-hydrogen) atoms. The number of anilines is 1. The van der Waals surface area contributed by atoms with Crippen LogP contribution in [0.1, 0.15) is 37.3 Å². The lowest BCUT2D eigenvalue weighted by Gasteiger charge is -2.22. The lowest BCUT2D eigenvalue weighted by atomic mass is 10.0. The van der Waals surface area contributed by atoms with Gasteiger partial charge < -0.3 is 19.9 Å². The van der Waals surface area contributed by atoms with Gasteiger partial charge in [0.15, 0.2) is 0 Å². The molecule has 1 aliphatic carbocycles. The van der Waals surface area contributed by atoms with Gasteiger partial charge in [0.1, 0.15) is 12.3 Å². The van der Waals surface area contributed by atoms with Crippen LogP contribution in [-0.4, -0.2) is 47.2 Å². The number of nitrogens with one attached hydrogen (secondary N) is 2. The van der Waals surface area contributed by atoms with Crippen LogP contribution in [0.5, 0.6) is 0 Å². The minimum Gasteiger partial charge on any atom is -0.361 e. The van der Waals surface area contributed by atoms with Crippen molar-refractivity contribution in [1.82, 2.24) is 19.9 Å². The van der Waals surface area contributed by atoms with Crippen molar-refractivity contribution in [3.05, 3.63) is 41.7 Å². The van der Waals surface area contributed by atoms with E-state index in [-0.39, 0.29) is 41.9 Å². The van der Waals surface area contributed by atoms with Crippen LogP contribution in [-0.2, 0) is 22.4 Å². The van der Waals surface area contributed by atoms with E-state index in [0.717, 1.165) is 31.5 Å². The van der Waals surface area contributed by atoms with E-state index in [4.69, 9.17) is 4.74 Å². The minimum atomic E-state index is -4.69.